The Labute approximate surface area is 262 Å². The van der Waals surface area contributed by atoms with Crippen LogP contribution in [0.4, 0.5) is 5.69 Å². The summed E-state index contributed by atoms with van der Waals surface area (Å²) in [5, 5.41) is 4.03. The standard InChI is InChI=1S/C42H53N/c1-7-13-33-18-23-37(24-19-33)40(38-17-12-16-34(30-38)14-8-2)31-36-20-25-39(26-21-36)42(11-5,28-10-4)43-41-27-22-35(15-9-3)29-32(41)6/h12,16-27,29-31,43H,7-11,13-15,28H2,1-6H3. The fraction of sp³-hybridized carbons (Fsp3) is 0.381. The van der Waals surface area contributed by atoms with E-state index in [9.17, 15) is 0 Å². The van der Waals surface area contributed by atoms with Gasteiger partial charge in [-0.3, -0.25) is 0 Å². The molecule has 1 atom stereocenters. The van der Waals surface area contributed by atoms with E-state index in [1.165, 1.54) is 68.6 Å². The Morgan fingerprint density at radius 3 is 1.86 bits per heavy atom. The maximum atomic E-state index is 4.03. The molecule has 0 aromatic heterocycles. The molecular formula is C42H53N. The van der Waals surface area contributed by atoms with E-state index in [0.29, 0.717) is 0 Å². The zero-order chi connectivity index (χ0) is 30.7. The molecule has 226 valence electrons. The lowest BCUT2D eigenvalue weighted by Gasteiger charge is -2.36. The molecule has 1 heteroatoms. The van der Waals surface area contributed by atoms with Gasteiger partial charge in [-0.05, 0) is 101 Å². The molecule has 0 saturated carbocycles. The number of anilines is 1. The minimum atomic E-state index is -0.0968. The van der Waals surface area contributed by atoms with Crippen molar-refractivity contribution in [2.75, 3.05) is 5.32 Å². The van der Waals surface area contributed by atoms with E-state index in [1.807, 2.05) is 0 Å². The number of hydrogen-bond acceptors (Lipinski definition) is 1. The smallest absolute Gasteiger partial charge is 0.0622 e. The first-order valence-corrected chi connectivity index (χ1v) is 16.8. The second-order valence-corrected chi connectivity index (χ2v) is 12.3. The molecule has 0 bridgehead atoms. The van der Waals surface area contributed by atoms with E-state index in [4.69, 9.17) is 0 Å². The van der Waals surface area contributed by atoms with Crippen molar-refractivity contribution in [2.45, 2.75) is 105 Å². The lowest BCUT2D eigenvalue weighted by Crippen LogP contribution is -2.35. The van der Waals surface area contributed by atoms with E-state index in [2.05, 4.69) is 144 Å². The Kier molecular flexibility index (Phi) is 11.9. The number of nitrogens with one attached hydrogen (secondary N) is 1. The molecular weight excluding hydrogens is 518 g/mol. The minimum absolute atomic E-state index is 0.0968. The molecule has 0 fully saturated rings. The van der Waals surface area contributed by atoms with Crippen molar-refractivity contribution in [3.05, 3.63) is 136 Å². The highest BCUT2D eigenvalue weighted by Gasteiger charge is 2.29. The summed E-state index contributed by atoms with van der Waals surface area (Å²) in [6.07, 6.45) is 12.5. The molecule has 0 aliphatic carbocycles. The molecule has 43 heavy (non-hydrogen) atoms. The molecule has 0 amide bonds. The summed E-state index contributed by atoms with van der Waals surface area (Å²) in [5.41, 5.74) is 13.2. The Bertz CT molecular complexity index is 1460. The topological polar surface area (TPSA) is 12.0 Å². The first-order chi connectivity index (χ1) is 20.9. The van der Waals surface area contributed by atoms with E-state index < -0.39 is 0 Å². The van der Waals surface area contributed by atoms with Crippen LogP contribution in [0.3, 0.4) is 0 Å². The van der Waals surface area contributed by atoms with Gasteiger partial charge in [-0.25, -0.2) is 0 Å². The predicted molar refractivity (Wildman–Crippen MR) is 190 cm³/mol. The van der Waals surface area contributed by atoms with Crippen molar-refractivity contribution in [2.24, 2.45) is 0 Å². The van der Waals surface area contributed by atoms with Crippen molar-refractivity contribution >= 4 is 17.3 Å². The first kappa shape index (κ1) is 32.3. The lowest BCUT2D eigenvalue weighted by atomic mass is 9.82. The van der Waals surface area contributed by atoms with Gasteiger partial charge in [0.2, 0.25) is 0 Å². The van der Waals surface area contributed by atoms with E-state index in [-0.39, 0.29) is 5.54 Å². The fourth-order valence-electron chi connectivity index (χ4n) is 6.46. The maximum absolute atomic E-state index is 4.03. The summed E-state index contributed by atoms with van der Waals surface area (Å²) in [6.45, 7) is 13.6. The largest absolute Gasteiger partial charge is 0.375 e. The molecule has 0 heterocycles. The van der Waals surface area contributed by atoms with Gasteiger partial charge < -0.3 is 5.32 Å². The van der Waals surface area contributed by atoms with Gasteiger partial charge in [0.15, 0.2) is 0 Å². The van der Waals surface area contributed by atoms with Crippen LogP contribution < -0.4 is 5.32 Å². The summed E-state index contributed by atoms with van der Waals surface area (Å²) in [4.78, 5) is 0. The molecule has 0 saturated heterocycles. The molecule has 1 N–H and O–H groups in total. The summed E-state index contributed by atoms with van der Waals surface area (Å²) in [7, 11) is 0. The van der Waals surface area contributed by atoms with Gasteiger partial charge in [0, 0.05) is 5.69 Å². The van der Waals surface area contributed by atoms with Crippen LogP contribution in [0.1, 0.15) is 118 Å². The minimum Gasteiger partial charge on any atom is -0.375 e. The summed E-state index contributed by atoms with van der Waals surface area (Å²) < 4.78 is 0. The number of aryl methyl sites for hydroxylation is 4. The fourth-order valence-corrected chi connectivity index (χ4v) is 6.46. The molecule has 1 nitrogen and oxygen atoms in total. The third-order valence-electron chi connectivity index (χ3n) is 8.84. The van der Waals surface area contributed by atoms with E-state index in [1.54, 1.807) is 0 Å². The SMILES string of the molecule is CCCc1ccc(C(=Cc2ccc(C(CC)(CCC)Nc3ccc(CCC)cc3C)cc2)c2cccc(CCC)c2)cc1. The van der Waals surface area contributed by atoms with Crippen molar-refractivity contribution in [3.8, 4) is 0 Å². The van der Waals surface area contributed by atoms with Gasteiger partial charge in [0.05, 0.1) is 5.54 Å². The van der Waals surface area contributed by atoms with Crippen LogP contribution in [0.5, 0.6) is 0 Å². The molecule has 4 aromatic carbocycles. The average Bonchev–Trinajstić information content (AvgIpc) is 3.02. The van der Waals surface area contributed by atoms with Crippen LogP contribution in [0.15, 0.2) is 91.0 Å². The van der Waals surface area contributed by atoms with Gasteiger partial charge in [-0.1, -0.05) is 145 Å². The summed E-state index contributed by atoms with van der Waals surface area (Å²) >= 11 is 0. The molecule has 0 aliphatic rings. The van der Waals surface area contributed by atoms with Crippen molar-refractivity contribution in [3.63, 3.8) is 0 Å². The lowest BCUT2D eigenvalue weighted by molar-refractivity contribution is 0.428. The zero-order valence-corrected chi connectivity index (χ0v) is 27.6. The Hall–Kier alpha value is -3.58. The number of rotatable bonds is 15. The maximum Gasteiger partial charge on any atom is 0.0622 e. The molecule has 4 rings (SSSR count). The van der Waals surface area contributed by atoms with Crippen LogP contribution in [0.2, 0.25) is 0 Å². The van der Waals surface area contributed by atoms with Gasteiger partial charge >= 0.3 is 0 Å². The van der Waals surface area contributed by atoms with Crippen molar-refractivity contribution in [1.82, 2.24) is 0 Å². The van der Waals surface area contributed by atoms with Crippen molar-refractivity contribution in [1.29, 1.82) is 0 Å². The highest BCUT2D eigenvalue weighted by atomic mass is 15.0. The van der Waals surface area contributed by atoms with Crippen LogP contribution in [-0.4, -0.2) is 0 Å². The zero-order valence-electron chi connectivity index (χ0n) is 27.6. The van der Waals surface area contributed by atoms with Crippen molar-refractivity contribution < 1.29 is 0 Å². The second kappa shape index (κ2) is 15.8. The third-order valence-corrected chi connectivity index (χ3v) is 8.84. The van der Waals surface area contributed by atoms with Gasteiger partial charge in [-0.2, -0.15) is 0 Å². The normalized spacial score (nSPS) is 13.1. The van der Waals surface area contributed by atoms with Gasteiger partial charge in [0.1, 0.15) is 0 Å². The van der Waals surface area contributed by atoms with E-state index >= 15 is 0 Å². The Morgan fingerprint density at radius 1 is 0.628 bits per heavy atom. The first-order valence-electron chi connectivity index (χ1n) is 16.8. The molecule has 4 aromatic rings. The third kappa shape index (κ3) is 8.29. The highest BCUT2D eigenvalue weighted by Crippen LogP contribution is 2.36. The van der Waals surface area contributed by atoms with Crippen LogP contribution in [0.25, 0.3) is 11.6 Å². The molecule has 0 radical (unpaired) electrons. The summed E-state index contributed by atoms with van der Waals surface area (Å²) in [5.74, 6) is 0. The Balaban J connectivity index is 1.71. The molecule has 0 spiro atoms. The quantitative estimate of drug-likeness (QED) is 0.140. The van der Waals surface area contributed by atoms with Crippen LogP contribution in [0, 0.1) is 6.92 Å². The summed E-state index contributed by atoms with van der Waals surface area (Å²) in [6, 6.07) is 34.6. The molecule has 1 unspecified atom stereocenters. The number of benzene rings is 4. The van der Waals surface area contributed by atoms with Crippen LogP contribution in [-0.2, 0) is 24.8 Å². The van der Waals surface area contributed by atoms with E-state index in [0.717, 1.165) is 44.9 Å². The van der Waals surface area contributed by atoms with Gasteiger partial charge in [0.25, 0.3) is 0 Å². The predicted octanol–water partition coefficient (Wildman–Crippen LogP) is 12.0. The molecule has 0 aliphatic heterocycles. The average molecular weight is 572 g/mol. The Morgan fingerprint density at radius 2 is 1.26 bits per heavy atom. The van der Waals surface area contributed by atoms with Gasteiger partial charge in [-0.15, -0.1) is 0 Å². The monoisotopic (exact) mass is 571 g/mol. The number of hydrogen-bond donors (Lipinski definition) is 1. The van der Waals surface area contributed by atoms with Crippen LogP contribution >= 0.6 is 0 Å². The highest BCUT2D eigenvalue weighted by molar-refractivity contribution is 5.91. The second-order valence-electron chi connectivity index (χ2n) is 12.3.